The summed E-state index contributed by atoms with van der Waals surface area (Å²) in [7, 11) is 0. The summed E-state index contributed by atoms with van der Waals surface area (Å²) < 4.78 is 0. The zero-order chi connectivity index (χ0) is 15.4. The van der Waals surface area contributed by atoms with E-state index in [1.807, 2.05) is 19.9 Å². The largest absolute Gasteiger partial charge is 0.401 e. The Hall–Kier alpha value is -1.60. The van der Waals surface area contributed by atoms with Crippen molar-refractivity contribution in [2.24, 2.45) is 5.73 Å². The second-order valence-electron chi connectivity index (χ2n) is 4.20. The van der Waals surface area contributed by atoms with E-state index < -0.39 is 4.92 Å². The van der Waals surface area contributed by atoms with Crippen LogP contribution in [0.3, 0.4) is 0 Å². The number of hydrogen-bond donors (Lipinski definition) is 1. The minimum absolute atomic E-state index is 0.0346. The molecule has 0 saturated carbocycles. The summed E-state index contributed by atoms with van der Waals surface area (Å²) in [5.74, 6) is -0.258. The normalized spacial score (nSPS) is 13.1. The van der Waals surface area contributed by atoms with Crippen LogP contribution in [0.2, 0.25) is 0 Å². The number of carbonyl (C=O) groups excluding carboxylic acids is 1. The van der Waals surface area contributed by atoms with E-state index in [2.05, 4.69) is 0 Å². The van der Waals surface area contributed by atoms with E-state index in [1.54, 1.807) is 13.8 Å². The van der Waals surface area contributed by atoms with Crippen LogP contribution in [-0.4, -0.2) is 10.7 Å². The molecule has 0 aliphatic rings. The first-order chi connectivity index (χ1) is 9.27. The van der Waals surface area contributed by atoms with Crippen molar-refractivity contribution in [1.82, 2.24) is 0 Å². The number of aryl methyl sites for hydroxylation is 1. The molecular formula is C13H16N2O3S2. The fourth-order valence-corrected chi connectivity index (χ4v) is 3.20. The summed E-state index contributed by atoms with van der Waals surface area (Å²) in [4.78, 5) is 24.5. The second kappa shape index (κ2) is 6.71. The number of ketones is 1. The van der Waals surface area contributed by atoms with Gasteiger partial charge in [-0.3, -0.25) is 14.9 Å². The van der Waals surface area contributed by atoms with Crippen molar-refractivity contribution in [2.45, 2.75) is 27.7 Å². The van der Waals surface area contributed by atoms with Crippen molar-refractivity contribution in [3.8, 4) is 0 Å². The Kier molecular flexibility index (Phi) is 5.52. The number of nitro groups is 1. The Balaban J connectivity index is 3.21. The number of nitrogens with zero attached hydrogens (tertiary/aromatic N) is 1. The van der Waals surface area contributed by atoms with Crippen LogP contribution in [0.15, 0.2) is 27.6 Å². The number of thioether (sulfide) groups is 1. The van der Waals surface area contributed by atoms with Crippen molar-refractivity contribution < 1.29 is 9.72 Å². The molecule has 0 aromatic carbocycles. The quantitative estimate of drug-likeness (QED) is 0.384. The third kappa shape index (κ3) is 3.71. The van der Waals surface area contributed by atoms with Gasteiger partial charge < -0.3 is 5.73 Å². The zero-order valence-corrected chi connectivity index (χ0v) is 13.4. The average Bonchev–Trinajstić information content (AvgIpc) is 2.76. The van der Waals surface area contributed by atoms with Gasteiger partial charge in [-0.25, -0.2) is 0 Å². The lowest BCUT2D eigenvalue weighted by Crippen LogP contribution is -2.07. The topological polar surface area (TPSA) is 86.2 Å². The molecule has 1 heterocycles. The molecule has 0 spiro atoms. The van der Waals surface area contributed by atoms with Crippen molar-refractivity contribution in [1.29, 1.82) is 0 Å². The van der Waals surface area contributed by atoms with Crippen LogP contribution in [0.4, 0.5) is 5.00 Å². The van der Waals surface area contributed by atoms with Gasteiger partial charge in [-0.1, -0.05) is 29.2 Å². The molecule has 1 aromatic rings. The fourth-order valence-electron chi connectivity index (χ4n) is 1.41. The van der Waals surface area contributed by atoms with Gasteiger partial charge >= 0.3 is 5.00 Å². The zero-order valence-electron chi connectivity index (χ0n) is 11.7. The summed E-state index contributed by atoms with van der Waals surface area (Å²) in [6, 6.07) is 1.41. The molecule has 7 heteroatoms. The van der Waals surface area contributed by atoms with Gasteiger partial charge in [-0.15, -0.1) is 0 Å². The Labute approximate surface area is 125 Å². The smallest absolute Gasteiger partial charge is 0.325 e. The molecule has 1 aromatic heterocycles. The summed E-state index contributed by atoms with van der Waals surface area (Å²) in [5.41, 5.74) is 6.79. The van der Waals surface area contributed by atoms with Gasteiger partial charge in [0.05, 0.1) is 14.7 Å². The number of carbonyl (C=O) groups is 1. The lowest BCUT2D eigenvalue weighted by atomic mass is 10.2. The van der Waals surface area contributed by atoms with E-state index in [-0.39, 0.29) is 10.8 Å². The SMILES string of the molecule is C/C=C(\C)S/C(C(=O)c1sc([N+](=O)[O-])cc1C)=C(\C)N. The highest BCUT2D eigenvalue weighted by Gasteiger charge is 2.23. The number of Topliss-reactive ketones (excluding diaryl/α,β-unsaturated/α-hetero) is 1. The third-order valence-corrected chi connectivity index (χ3v) is 4.98. The number of nitrogens with two attached hydrogens (primary N) is 1. The third-order valence-electron chi connectivity index (χ3n) is 2.52. The molecule has 0 radical (unpaired) electrons. The first-order valence-electron chi connectivity index (χ1n) is 5.84. The summed E-state index contributed by atoms with van der Waals surface area (Å²) in [6.07, 6.45) is 1.88. The molecule has 0 unspecified atom stereocenters. The van der Waals surface area contributed by atoms with E-state index >= 15 is 0 Å². The summed E-state index contributed by atoms with van der Waals surface area (Å²) in [5, 5.41) is 10.7. The molecule has 0 atom stereocenters. The van der Waals surface area contributed by atoms with E-state index in [4.69, 9.17) is 5.73 Å². The fraction of sp³-hybridized carbons (Fsp3) is 0.308. The van der Waals surface area contributed by atoms with Crippen LogP contribution >= 0.6 is 23.1 Å². The maximum absolute atomic E-state index is 12.5. The van der Waals surface area contributed by atoms with Crippen molar-refractivity contribution in [2.75, 3.05) is 0 Å². The number of allylic oxidation sites excluding steroid dienone is 4. The predicted molar refractivity (Wildman–Crippen MR) is 84.0 cm³/mol. The van der Waals surface area contributed by atoms with Gasteiger partial charge in [0.15, 0.2) is 0 Å². The molecule has 0 amide bonds. The Morgan fingerprint density at radius 3 is 2.50 bits per heavy atom. The average molecular weight is 312 g/mol. The summed E-state index contributed by atoms with van der Waals surface area (Å²) in [6.45, 7) is 7.09. The molecule has 0 aliphatic carbocycles. The van der Waals surface area contributed by atoms with Crippen LogP contribution in [0, 0.1) is 17.0 Å². The van der Waals surface area contributed by atoms with Crippen LogP contribution in [0.1, 0.15) is 36.0 Å². The Morgan fingerprint density at radius 1 is 1.50 bits per heavy atom. The van der Waals surface area contributed by atoms with Gasteiger partial charge in [-0.2, -0.15) is 0 Å². The molecule has 20 heavy (non-hydrogen) atoms. The number of rotatable bonds is 5. The molecular weight excluding hydrogens is 296 g/mol. The maximum Gasteiger partial charge on any atom is 0.325 e. The van der Waals surface area contributed by atoms with Crippen LogP contribution in [-0.2, 0) is 0 Å². The van der Waals surface area contributed by atoms with Gasteiger partial charge in [0.1, 0.15) is 0 Å². The molecule has 108 valence electrons. The maximum atomic E-state index is 12.5. The van der Waals surface area contributed by atoms with Crippen LogP contribution in [0.25, 0.3) is 0 Å². The van der Waals surface area contributed by atoms with E-state index in [0.717, 1.165) is 16.2 Å². The van der Waals surface area contributed by atoms with Gasteiger partial charge in [0.2, 0.25) is 5.78 Å². The lowest BCUT2D eigenvalue weighted by Gasteiger charge is -2.08. The lowest BCUT2D eigenvalue weighted by molar-refractivity contribution is -0.380. The van der Waals surface area contributed by atoms with Gasteiger partial charge in [0.25, 0.3) is 0 Å². The monoisotopic (exact) mass is 312 g/mol. The first kappa shape index (κ1) is 16.5. The highest BCUT2D eigenvalue weighted by molar-refractivity contribution is 8.07. The predicted octanol–water partition coefficient (Wildman–Crippen LogP) is 3.99. The number of thiophene rings is 1. The van der Waals surface area contributed by atoms with Crippen molar-refractivity contribution >= 4 is 33.9 Å². The van der Waals surface area contributed by atoms with Crippen molar-refractivity contribution in [3.63, 3.8) is 0 Å². The van der Waals surface area contributed by atoms with Gasteiger partial charge in [-0.05, 0) is 38.2 Å². The first-order valence-corrected chi connectivity index (χ1v) is 7.47. The van der Waals surface area contributed by atoms with Crippen LogP contribution in [0.5, 0.6) is 0 Å². The Bertz CT molecular complexity index is 611. The van der Waals surface area contributed by atoms with E-state index in [1.165, 1.54) is 17.8 Å². The number of hydrogen-bond acceptors (Lipinski definition) is 6. The van der Waals surface area contributed by atoms with E-state index in [0.29, 0.717) is 21.0 Å². The summed E-state index contributed by atoms with van der Waals surface area (Å²) >= 11 is 2.17. The standard InChI is InChI=1S/C13H16N2O3S2/c1-5-8(3)19-13(9(4)14)11(16)12-7(2)6-10(20-12)15(17)18/h5-6H,14H2,1-4H3/b8-5+,13-9+. The molecule has 0 fully saturated rings. The molecule has 0 aliphatic heterocycles. The molecule has 0 saturated heterocycles. The second-order valence-corrected chi connectivity index (χ2v) is 6.48. The minimum Gasteiger partial charge on any atom is -0.401 e. The highest BCUT2D eigenvalue weighted by atomic mass is 32.2. The Morgan fingerprint density at radius 2 is 2.10 bits per heavy atom. The van der Waals surface area contributed by atoms with Gasteiger partial charge in [0, 0.05) is 11.8 Å². The van der Waals surface area contributed by atoms with E-state index in [9.17, 15) is 14.9 Å². The molecule has 2 N–H and O–H groups in total. The molecule has 0 bridgehead atoms. The minimum atomic E-state index is -0.489. The van der Waals surface area contributed by atoms with Crippen molar-refractivity contribution in [3.05, 3.63) is 48.2 Å². The highest BCUT2D eigenvalue weighted by Crippen LogP contribution is 2.35. The van der Waals surface area contributed by atoms with Crippen LogP contribution < -0.4 is 5.73 Å². The molecule has 1 rings (SSSR count). The molecule has 5 nitrogen and oxygen atoms in total.